The third-order valence-electron chi connectivity index (χ3n) is 2.38. The normalized spacial score (nSPS) is 12.4. The van der Waals surface area contributed by atoms with Crippen molar-refractivity contribution in [3.8, 4) is 0 Å². The largest absolute Gasteiger partial charge is 0.478 e. The monoisotopic (exact) mass is 224 g/mol. The summed E-state index contributed by atoms with van der Waals surface area (Å²) in [6, 6.07) is 7.08. The van der Waals surface area contributed by atoms with E-state index in [0.717, 1.165) is 24.8 Å². The Hall–Kier alpha value is -0.960. The molecule has 1 atom stereocenters. The molecule has 1 unspecified atom stereocenters. The van der Waals surface area contributed by atoms with Crippen LogP contribution in [0.3, 0.4) is 0 Å². The quantitative estimate of drug-likeness (QED) is 0.750. The lowest BCUT2D eigenvalue weighted by atomic mass is 10.0. The summed E-state index contributed by atoms with van der Waals surface area (Å²) in [6.07, 6.45) is 3.10. The van der Waals surface area contributed by atoms with E-state index in [9.17, 15) is 4.79 Å². The number of unbranched alkanes of at least 4 members (excludes halogenated alkanes) is 1. The van der Waals surface area contributed by atoms with Crippen LogP contribution in [0.15, 0.2) is 24.3 Å². The van der Waals surface area contributed by atoms with Gasteiger partial charge in [0.05, 0.1) is 5.56 Å². The summed E-state index contributed by atoms with van der Waals surface area (Å²) in [5, 5.41) is 9.03. The van der Waals surface area contributed by atoms with Crippen molar-refractivity contribution in [1.82, 2.24) is 0 Å². The molecular formula is C12H16O2S. The van der Waals surface area contributed by atoms with E-state index in [4.69, 9.17) is 5.11 Å². The summed E-state index contributed by atoms with van der Waals surface area (Å²) >= 11 is 4.45. The molecule has 0 bridgehead atoms. The number of hydrogen-bond donors (Lipinski definition) is 2. The summed E-state index contributed by atoms with van der Waals surface area (Å²) < 4.78 is 0. The van der Waals surface area contributed by atoms with E-state index in [-0.39, 0.29) is 5.25 Å². The van der Waals surface area contributed by atoms with E-state index in [1.54, 1.807) is 12.1 Å². The number of benzene rings is 1. The predicted octanol–water partition coefficient (Wildman–Crippen LogP) is 3.55. The van der Waals surface area contributed by atoms with Crippen LogP contribution in [-0.2, 0) is 0 Å². The Morgan fingerprint density at radius 1 is 1.47 bits per heavy atom. The number of aromatic carboxylic acids is 1. The second-order valence-electron chi connectivity index (χ2n) is 3.55. The van der Waals surface area contributed by atoms with Crippen molar-refractivity contribution in [2.75, 3.05) is 0 Å². The summed E-state index contributed by atoms with van der Waals surface area (Å²) in [7, 11) is 0. The molecule has 0 spiro atoms. The molecular weight excluding hydrogens is 208 g/mol. The molecule has 82 valence electrons. The lowest BCUT2D eigenvalue weighted by Crippen LogP contribution is -2.04. The highest BCUT2D eigenvalue weighted by atomic mass is 32.1. The van der Waals surface area contributed by atoms with E-state index in [0.29, 0.717) is 5.56 Å². The Morgan fingerprint density at radius 3 is 2.73 bits per heavy atom. The molecule has 0 aliphatic heterocycles. The fraction of sp³-hybridized carbons (Fsp3) is 0.417. The van der Waals surface area contributed by atoms with Crippen LogP contribution in [0.4, 0.5) is 0 Å². The molecule has 3 heteroatoms. The van der Waals surface area contributed by atoms with Crippen molar-refractivity contribution >= 4 is 18.6 Å². The highest BCUT2D eigenvalue weighted by Gasteiger charge is 2.14. The highest BCUT2D eigenvalue weighted by molar-refractivity contribution is 7.80. The molecule has 15 heavy (non-hydrogen) atoms. The Bertz CT molecular complexity index is 336. The molecule has 0 heterocycles. The van der Waals surface area contributed by atoms with Crippen LogP contribution >= 0.6 is 12.6 Å². The van der Waals surface area contributed by atoms with Gasteiger partial charge in [0.1, 0.15) is 0 Å². The van der Waals surface area contributed by atoms with E-state index < -0.39 is 5.97 Å². The fourth-order valence-corrected chi connectivity index (χ4v) is 1.94. The van der Waals surface area contributed by atoms with Gasteiger partial charge in [0, 0.05) is 5.25 Å². The number of carbonyl (C=O) groups is 1. The predicted molar refractivity (Wildman–Crippen MR) is 64.7 cm³/mol. The summed E-state index contributed by atoms with van der Waals surface area (Å²) in [5.41, 5.74) is 1.19. The molecule has 0 fully saturated rings. The number of carboxylic acids is 1. The molecule has 1 aromatic carbocycles. The second kappa shape index (κ2) is 5.81. The van der Waals surface area contributed by atoms with Gasteiger partial charge in [0.2, 0.25) is 0 Å². The van der Waals surface area contributed by atoms with Gasteiger partial charge in [-0.2, -0.15) is 12.6 Å². The molecule has 0 aliphatic carbocycles. The lowest BCUT2D eigenvalue weighted by molar-refractivity contribution is 0.0695. The molecule has 2 nitrogen and oxygen atoms in total. The molecule has 0 radical (unpaired) electrons. The molecule has 1 rings (SSSR count). The summed E-state index contributed by atoms with van der Waals surface area (Å²) in [6.45, 7) is 2.11. The maximum absolute atomic E-state index is 11.0. The topological polar surface area (TPSA) is 37.3 Å². The first-order valence-electron chi connectivity index (χ1n) is 5.17. The van der Waals surface area contributed by atoms with Gasteiger partial charge in [-0.25, -0.2) is 4.79 Å². The molecule has 1 N–H and O–H groups in total. The van der Waals surface area contributed by atoms with Crippen LogP contribution < -0.4 is 0 Å². The minimum absolute atomic E-state index is 0.0252. The van der Waals surface area contributed by atoms with Crippen LogP contribution in [0, 0.1) is 0 Å². The first kappa shape index (κ1) is 12.1. The second-order valence-corrected chi connectivity index (χ2v) is 4.17. The van der Waals surface area contributed by atoms with Crippen molar-refractivity contribution in [3.63, 3.8) is 0 Å². The number of thiol groups is 1. The van der Waals surface area contributed by atoms with E-state index in [1.165, 1.54) is 0 Å². The molecule has 0 aliphatic rings. The van der Waals surface area contributed by atoms with Crippen molar-refractivity contribution in [2.24, 2.45) is 0 Å². The molecule has 0 amide bonds. The third-order valence-corrected chi connectivity index (χ3v) is 2.92. The lowest BCUT2D eigenvalue weighted by Gasteiger charge is -2.12. The number of hydrogen-bond acceptors (Lipinski definition) is 2. The number of rotatable bonds is 5. The zero-order valence-corrected chi connectivity index (χ0v) is 9.71. The van der Waals surface area contributed by atoms with Crippen molar-refractivity contribution in [2.45, 2.75) is 31.4 Å². The van der Waals surface area contributed by atoms with Crippen molar-refractivity contribution < 1.29 is 9.90 Å². The van der Waals surface area contributed by atoms with Gasteiger partial charge in [-0.05, 0) is 18.1 Å². The van der Waals surface area contributed by atoms with Crippen LogP contribution in [0.1, 0.15) is 47.4 Å². The van der Waals surface area contributed by atoms with Crippen molar-refractivity contribution in [1.29, 1.82) is 0 Å². The van der Waals surface area contributed by atoms with E-state index >= 15 is 0 Å². The molecule has 0 aromatic heterocycles. The average molecular weight is 224 g/mol. The van der Waals surface area contributed by atoms with Gasteiger partial charge in [-0.1, -0.05) is 38.0 Å². The van der Waals surface area contributed by atoms with Crippen LogP contribution in [0.25, 0.3) is 0 Å². The highest BCUT2D eigenvalue weighted by Crippen LogP contribution is 2.28. The van der Waals surface area contributed by atoms with Crippen molar-refractivity contribution in [3.05, 3.63) is 35.4 Å². The Labute approximate surface area is 95.7 Å². The van der Waals surface area contributed by atoms with Crippen LogP contribution in [0.2, 0.25) is 0 Å². The minimum Gasteiger partial charge on any atom is -0.478 e. The SMILES string of the molecule is CCCCC(S)c1ccccc1C(=O)O. The van der Waals surface area contributed by atoms with Gasteiger partial charge in [0.25, 0.3) is 0 Å². The van der Waals surface area contributed by atoms with Crippen LogP contribution in [0.5, 0.6) is 0 Å². The first-order chi connectivity index (χ1) is 7.16. The Morgan fingerprint density at radius 2 is 2.13 bits per heavy atom. The van der Waals surface area contributed by atoms with Gasteiger partial charge in [-0.3, -0.25) is 0 Å². The zero-order chi connectivity index (χ0) is 11.3. The van der Waals surface area contributed by atoms with E-state index in [1.807, 2.05) is 12.1 Å². The summed E-state index contributed by atoms with van der Waals surface area (Å²) in [4.78, 5) is 11.0. The average Bonchev–Trinajstić information content (AvgIpc) is 2.25. The third kappa shape index (κ3) is 3.27. The Kier molecular flexibility index (Phi) is 4.69. The Balaban J connectivity index is 2.87. The maximum atomic E-state index is 11.0. The zero-order valence-electron chi connectivity index (χ0n) is 8.81. The van der Waals surface area contributed by atoms with Gasteiger partial charge >= 0.3 is 5.97 Å². The van der Waals surface area contributed by atoms with Gasteiger partial charge in [-0.15, -0.1) is 0 Å². The standard InChI is InChI=1S/C12H16O2S/c1-2-3-8-11(15)9-6-4-5-7-10(9)12(13)14/h4-7,11,15H,2-3,8H2,1H3,(H,13,14). The molecule has 0 saturated heterocycles. The first-order valence-corrected chi connectivity index (χ1v) is 5.68. The summed E-state index contributed by atoms with van der Waals surface area (Å²) in [5.74, 6) is -0.874. The molecule has 1 aromatic rings. The smallest absolute Gasteiger partial charge is 0.336 e. The minimum atomic E-state index is -0.874. The number of carboxylic acid groups (broad SMARTS) is 1. The fourth-order valence-electron chi connectivity index (χ4n) is 1.54. The van der Waals surface area contributed by atoms with Gasteiger partial charge < -0.3 is 5.11 Å². The molecule has 0 saturated carbocycles. The maximum Gasteiger partial charge on any atom is 0.336 e. The van der Waals surface area contributed by atoms with E-state index in [2.05, 4.69) is 19.6 Å². The van der Waals surface area contributed by atoms with Gasteiger partial charge in [0.15, 0.2) is 0 Å². The van der Waals surface area contributed by atoms with Crippen LogP contribution in [-0.4, -0.2) is 11.1 Å².